The number of allylic oxidation sites excluding steroid dienone is 2. The van der Waals surface area contributed by atoms with Crippen LogP contribution in [-0.2, 0) is 0 Å². The van der Waals surface area contributed by atoms with Crippen molar-refractivity contribution in [3.05, 3.63) is 11.3 Å². The summed E-state index contributed by atoms with van der Waals surface area (Å²) in [4.78, 5) is 0. The smallest absolute Gasteiger partial charge is 0.0938 e. The molecule has 0 spiro atoms. The highest BCUT2D eigenvalue weighted by molar-refractivity contribution is 5.95. The van der Waals surface area contributed by atoms with E-state index in [1.54, 1.807) is 20.8 Å². The van der Waals surface area contributed by atoms with E-state index in [1.807, 2.05) is 0 Å². The molecule has 0 saturated carbocycles. The first-order valence-corrected chi connectivity index (χ1v) is 2.47. The Morgan fingerprint density at radius 2 is 1.62 bits per heavy atom. The van der Waals surface area contributed by atoms with Crippen molar-refractivity contribution in [3.63, 3.8) is 0 Å². The zero-order valence-corrected chi connectivity index (χ0v) is 5.45. The van der Waals surface area contributed by atoms with Gasteiger partial charge in [-0.05, 0) is 20.8 Å². The predicted molar refractivity (Wildman–Crippen MR) is 34.4 cm³/mol. The number of aliphatic hydroxyl groups excluding tert-OH is 1. The summed E-state index contributed by atoms with van der Waals surface area (Å²) in [6, 6.07) is 0. The molecule has 0 fully saturated rings. The van der Waals surface area contributed by atoms with Crippen LogP contribution in [-0.4, -0.2) is 10.8 Å². The van der Waals surface area contributed by atoms with Gasteiger partial charge in [0, 0.05) is 11.3 Å². The van der Waals surface area contributed by atoms with Gasteiger partial charge in [0.15, 0.2) is 0 Å². The van der Waals surface area contributed by atoms with Crippen LogP contribution in [0, 0.1) is 5.41 Å². The first-order chi connectivity index (χ1) is 3.55. The molecule has 0 aromatic heterocycles. The monoisotopic (exact) mass is 113 g/mol. The summed E-state index contributed by atoms with van der Waals surface area (Å²) in [5.74, 6) is 0.234. The molecule has 0 aliphatic heterocycles. The molecule has 0 amide bonds. The van der Waals surface area contributed by atoms with Crippen molar-refractivity contribution in [2.75, 3.05) is 0 Å². The third kappa shape index (κ3) is 1.78. The van der Waals surface area contributed by atoms with E-state index in [1.165, 1.54) is 0 Å². The van der Waals surface area contributed by atoms with Gasteiger partial charge in [-0.3, -0.25) is 0 Å². The molecular weight excluding hydrogens is 102 g/mol. The summed E-state index contributed by atoms with van der Waals surface area (Å²) in [6.45, 7) is 4.94. The lowest BCUT2D eigenvalue weighted by Gasteiger charge is -1.96. The summed E-state index contributed by atoms with van der Waals surface area (Å²) >= 11 is 0. The third-order valence-corrected chi connectivity index (χ3v) is 1.11. The van der Waals surface area contributed by atoms with E-state index in [4.69, 9.17) is 10.5 Å². The van der Waals surface area contributed by atoms with Gasteiger partial charge in [0.25, 0.3) is 0 Å². The molecule has 0 aromatic rings. The molecule has 0 unspecified atom stereocenters. The fraction of sp³-hybridized carbons (Fsp3) is 0.500. The third-order valence-electron chi connectivity index (χ3n) is 1.11. The molecule has 0 saturated heterocycles. The minimum absolute atomic E-state index is 0.234. The number of nitrogens with one attached hydrogen (secondary N) is 1. The predicted octanol–water partition coefficient (Wildman–Crippen LogP) is 1.88. The number of aliphatic hydroxyl groups is 1. The highest BCUT2D eigenvalue weighted by Gasteiger charge is 1.93. The van der Waals surface area contributed by atoms with Gasteiger partial charge in [-0.25, -0.2) is 0 Å². The van der Waals surface area contributed by atoms with Crippen molar-refractivity contribution < 1.29 is 5.11 Å². The van der Waals surface area contributed by atoms with Gasteiger partial charge in [0.05, 0.1) is 5.76 Å². The maximum atomic E-state index is 8.73. The van der Waals surface area contributed by atoms with Gasteiger partial charge in [0.1, 0.15) is 0 Å². The van der Waals surface area contributed by atoms with E-state index in [-0.39, 0.29) is 5.76 Å². The standard InChI is InChI=1S/C6H11NO/c1-4(5(2)7)6(3)8/h7-8H,1-3H3. The Balaban J connectivity index is 4.23. The van der Waals surface area contributed by atoms with E-state index in [0.717, 1.165) is 0 Å². The summed E-state index contributed by atoms with van der Waals surface area (Å²) in [5, 5.41) is 15.7. The molecule has 0 atom stereocenters. The largest absolute Gasteiger partial charge is 0.512 e. The van der Waals surface area contributed by atoms with Crippen molar-refractivity contribution in [2.24, 2.45) is 0 Å². The van der Waals surface area contributed by atoms with Crippen LogP contribution in [0.3, 0.4) is 0 Å². The fourth-order valence-corrected chi connectivity index (χ4v) is 0.271. The van der Waals surface area contributed by atoms with Crippen LogP contribution >= 0.6 is 0 Å². The highest BCUT2D eigenvalue weighted by atomic mass is 16.3. The van der Waals surface area contributed by atoms with Gasteiger partial charge in [0.2, 0.25) is 0 Å². The van der Waals surface area contributed by atoms with E-state index in [9.17, 15) is 0 Å². The Kier molecular flexibility index (Phi) is 2.25. The van der Waals surface area contributed by atoms with Crippen LogP contribution in [0.2, 0.25) is 0 Å². The summed E-state index contributed by atoms with van der Waals surface area (Å²) in [5.41, 5.74) is 1.08. The molecule has 0 rings (SSSR count). The SMILES string of the molecule is CC(=N)C(C)=C(C)O. The first-order valence-electron chi connectivity index (χ1n) is 2.47. The summed E-state index contributed by atoms with van der Waals surface area (Å²) < 4.78 is 0. The molecule has 0 aromatic carbocycles. The number of hydrogen-bond acceptors (Lipinski definition) is 2. The molecule has 2 nitrogen and oxygen atoms in total. The van der Waals surface area contributed by atoms with Crippen LogP contribution < -0.4 is 0 Å². The molecule has 0 bridgehead atoms. The summed E-state index contributed by atoms with van der Waals surface area (Å²) in [7, 11) is 0. The molecule has 46 valence electrons. The van der Waals surface area contributed by atoms with Crippen LogP contribution in [0.25, 0.3) is 0 Å². The van der Waals surface area contributed by atoms with E-state index >= 15 is 0 Å². The fourth-order valence-electron chi connectivity index (χ4n) is 0.271. The average Bonchev–Trinajstić information content (AvgIpc) is 1.64. The van der Waals surface area contributed by atoms with Gasteiger partial charge in [-0.15, -0.1) is 0 Å². The molecule has 0 heterocycles. The van der Waals surface area contributed by atoms with Crippen molar-refractivity contribution in [1.82, 2.24) is 0 Å². The second kappa shape index (κ2) is 2.50. The molecular formula is C6H11NO. The molecule has 2 N–H and O–H groups in total. The Labute approximate surface area is 49.4 Å². The Bertz CT molecular complexity index is 131. The first kappa shape index (κ1) is 7.21. The normalized spacial score (nSPS) is 12.9. The lowest BCUT2D eigenvalue weighted by atomic mass is 10.2. The lowest BCUT2D eigenvalue weighted by Crippen LogP contribution is -1.92. The quantitative estimate of drug-likeness (QED) is 0.395. The van der Waals surface area contributed by atoms with E-state index in [0.29, 0.717) is 11.3 Å². The Hall–Kier alpha value is -0.790. The van der Waals surface area contributed by atoms with Crippen molar-refractivity contribution in [1.29, 1.82) is 5.41 Å². The molecule has 0 aliphatic rings. The Morgan fingerprint density at radius 1 is 1.25 bits per heavy atom. The second-order valence-electron chi connectivity index (χ2n) is 1.84. The number of rotatable bonds is 1. The average molecular weight is 113 g/mol. The van der Waals surface area contributed by atoms with Gasteiger partial charge >= 0.3 is 0 Å². The van der Waals surface area contributed by atoms with Gasteiger partial charge in [-0.1, -0.05) is 0 Å². The maximum Gasteiger partial charge on any atom is 0.0938 e. The minimum atomic E-state index is 0.234. The van der Waals surface area contributed by atoms with Crippen LogP contribution in [0.5, 0.6) is 0 Å². The van der Waals surface area contributed by atoms with Gasteiger partial charge < -0.3 is 10.5 Å². The van der Waals surface area contributed by atoms with Gasteiger partial charge in [-0.2, -0.15) is 0 Å². The van der Waals surface area contributed by atoms with E-state index < -0.39 is 0 Å². The number of hydrogen-bond donors (Lipinski definition) is 2. The van der Waals surface area contributed by atoms with Crippen LogP contribution in [0.1, 0.15) is 20.8 Å². The molecule has 2 heteroatoms. The van der Waals surface area contributed by atoms with Crippen LogP contribution in [0.4, 0.5) is 0 Å². The summed E-state index contributed by atoms with van der Waals surface area (Å²) in [6.07, 6.45) is 0. The molecule has 0 radical (unpaired) electrons. The topological polar surface area (TPSA) is 44.1 Å². The van der Waals surface area contributed by atoms with Crippen molar-refractivity contribution in [3.8, 4) is 0 Å². The van der Waals surface area contributed by atoms with Crippen molar-refractivity contribution in [2.45, 2.75) is 20.8 Å². The zero-order chi connectivity index (χ0) is 6.73. The highest BCUT2D eigenvalue weighted by Crippen LogP contribution is 1.99. The van der Waals surface area contributed by atoms with E-state index in [2.05, 4.69) is 0 Å². The molecule has 0 aliphatic carbocycles. The zero-order valence-electron chi connectivity index (χ0n) is 5.45. The lowest BCUT2D eigenvalue weighted by molar-refractivity contribution is 0.410. The Morgan fingerprint density at radius 3 is 1.62 bits per heavy atom. The maximum absolute atomic E-state index is 8.73. The second-order valence-corrected chi connectivity index (χ2v) is 1.84. The van der Waals surface area contributed by atoms with Crippen molar-refractivity contribution >= 4 is 5.71 Å². The minimum Gasteiger partial charge on any atom is -0.512 e. The molecule has 8 heavy (non-hydrogen) atoms. The van der Waals surface area contributed by atoms with Crippen LogP contribution in [0.15, 0.2) is 11.3 Å².